The van der Waals surface area contributed by atoms with E-state index in [1.54, 1.807) is 0 Å². The van der Waals surface area contributed by atoms with Gasteiger partial charge in [0, 0.05) is 12.1 Å². The molecule has 12 heavy (non-hydrogen) atoms. The van der Waals surface area contributed by atoms with E-state index in [-0.39, 0.29) is 0 Å². The summed E-state index contributed by atoms with van der Waals surface area (Å²) in [6, 6.07) is 1.67. The van der Waals surface area contributed by atoms with E-state index in [9.17, 15) is 0 Å². The third-order valence-corrected chi connectivity index (χ3v) is 2.85. The summed E-state index contributed by atoms with van der Waals surface area (Å²) in [6.07, 6.45) is 9.68. The third kappa shape index (κ3) is 3.14. The quantitative estimate of drug-likeness (QED) is 0.682. The minimum atomic E-state index is 0.834. The maximum absolute atomic E-state index is 3.76. The van der Waals surface area contributed by atoms with Crippen molar-refractivity contribution < 1.29 is 0 Å². The van der Waals surface area contributed by atoms with Crippen molar-refractivity contribution in [1.29, 1.82) is 0 Å². The topological polar surface area (TPSA) is 12.0 Å². The fourth-order valence-electron chi connectivity index (χ4n) is 2.26. The molecule has 2 unspecified atom stereocenters. The van der Waals surface area contributed by atoms with Gasteiger partial charge in [0.1, 0.15) is 0 Å². The summed E-state index contributed by atoms with van der Waals surface area (Å²) in [6.45, 7) is 4.57. The van der Waals surface area contributed by atoms with Crippen LogP contribution in [0, 0.1) is 0 Å². The molecule has 1 fully saturated rings. The van der Waals surface area contributed by atoms with E-state index in [0.717, 1.165) is 12.1 Å². The lowest BCUT2D eigenvalue weighted by atomic mass is 9.93. The van der Waals surface area contributed by atoms with Crippen molar-refractivity contribution in [3.8, 4) is 0 Å². The molecule has 0 saturated carbocycles. The maximum atomic E-state index is 3.76. The Morgan fingerprint density at radius 1 is 1.00 bits per heavy atom. The Morgan fingerprint density at radius 3 is 1.92 bits per heavy atom. The summed E-state index contributed by atoms with van der Waals surface area (Å²) >= 11 is 0. The summed E-state index contributed by atoms with van der Waals surface area (Å²) in [5.41, 5.74) is 0. The monoisotopic (exact) mass is 169 g/mol. The van der Waals surface area contributed by atoms with Gasteiger partial charge in [-0.1, -0.05) is 33.1 Å². The van der Waals surface area contributed by atoms with Crippen molar-refractivity contribution in [3.05, 3.63) is 0 Å². The lowest BCUT2D eigenvalue weighted by Gasteiger charge is -2.30. The van der Waals surface area contributed by atoms with Gasteiger partial charge in [0.25, 0.3) is 0 Å². The van der Waals surface area contributed by atoms with Crippen LogP contribution in [-0.2, 0) is 0 Å². The number of hydrogen-bond acceptors (Lipinski definition) is 1. The first-order valence-corrected chi connectivity index (χ1v) is 5.62. The lowest BCUT2D eigenvalue weighted by molar-refractivity contribution is 0.294. The van der Waals surface area contributed by atoms with Crippen LogP contribution in [0.3, 0.4) is 0 Å². The highest BCUT2D eigenvalue weighted by molar-refractivity contribution is 4.79. The average Bonchev–Trinajstić information content (AvgIpc) is 2.06. The highest BCUT2D eigenvalue weighted by Gasteiger charge is 2.18. The molecule has 0 aromatic carbocycles. The molecular weight excluding hydrogens is 146 g/mol. The molecule has 1 aliphatic rings. The van der Waals surface area contributed by atoms with Crippen molar-refractivity contribution in [2.45, 2.75) is 70.9 Å². The predicted molar refractivity (Wildman–Crippen MR) is 54.4 cm³/mol. The van der Waals surface area contributed by atoms with Gasteiger partial charge >= 0.3 is 0 Å². The lowest BCUT2D eigenvalue weighted by Crippen LogP contribution is -2.41. The molecule has 0 spiro atoms. The molecule has 1 heteroatoms. The maximum Gasteiger partial charge on any atom is 0.00695 e. The molecule has 0 aromatic rings. The van der Waals surface area contributed by atoms with Crippen LogP contribution >= 0.6 is 0 Å². The molecule has 1 heterocycles. The Hall–Kier alpha value is -0.0400. The molecule has 0 radical (unpaired) electrons. The fraction of sp³-hybridized carbons (Fsp3) is 1.00. The first kappa shape index (κ1) is 10.0. The van der Waals surface area contributed by atoms with Crippen molar-refractivity contribution in [1.82, 2.24) is 5.32 Å². The van der Waals surface area contributed by atoms with Crippen LogP contribution in [0.1, 0.15) is 58.8 Å². The van der Waals surface area contributed by atoms with Gasteiger partial charge in [0.2, 0.25) is 0 Å². The van der Waals surface area contributed by atoms with Gasteiger partial charge < -0.3 is 5.32 Å². The summed E-state index contributed by atoms with van der Waals surface area (Å²) in [5, 5.41) is 3.76. The number of piperidine rings is 1. The van der Waals surface area contributed by atoms with E-state index in [1.165, 1.54) is 44.9 Å². The van der Waals surface area contributed by atoms with Gasteiger partial charge in [-0.05, 0) is 25.7 Å². The van der Waals surface area contributed by atoms with E-state index in [4.69, 9.17) is 0 Å². The number of nitrogens with one attached hydrogen (secondary N) is 1. The van der Waals surface area contributed by atoms with Crippen molar-refractivity contribution in [2.24, 2.45) is 0 Å². The minimum Gasteiger partial charge on any atom is -0.311 e. The Bertz CT molecular complexity index is 95.6. The zero-order valence-electron chi connectivity index (χ0n) is 8.60. The zero-order chi connectivity index (χ0) is 8.81. The van der Waals surface area contributed by atoms with E-state index < -0.39 is 0 Å². The highest BCUT2D eigenvalue weighted by atomic mass is 15.0. The Labute approximate surface area is 76.9 Å². The van der Waals surface area contributed by atoms with Crippen LogP contribution in [0.2, 0.25) is 0 Å². The zero-order valence-corrected chi connectivity index (χ0v) is 8.60. The molecule has 1 rings (SSSR count). The molecule has 72 valence electrons. The van der Waals surface area contributed by atoms with Crippen LogP contribution in [-0.4, -0.2) is 12.1 Å². The second kappa shape index (κ2) is 5.58. The van der Waals surface area contributed by atoms with Gasteiger partial charge in [0.05, 0.1) is 0 Å². The SMILES string of the molecule is CCCC1CCCC(CCC)N1. The molecule has 1 saturated heterocycles. The highest BCUT2D eigenvalue weighted by Crippen LogP contribution is 2.18. The molecule has 0 aliphatic carbocycles. The molecule has 1 nitrogen and oxygen atoms in total. The second-order valence-corrected chi connectivity index (χ2v) is 4.07. The van der Waals surface area contributed by atoms with E-state index in [0.29, 0.717) is 0 Å². The Kier molecular flexibility index (Phi) is 4.67. The van der Waals surface area contributed by atoms with Crippen LogP contribution in [0.15, 0.2) is 0 Å². The first-order valence-electron chi connectivity index (χ1n) is 5.62. The Morgan fingerprint density at radius 2 is 1.50 bits per heavy atom. The van der Waals surface area contributed by atoms with E-state index in [2.05, 4.69) is 19.2 Å². The van der Waals surface area contributed by atoms with Crippen molar-refractivity contribution >= 4 is 0 Å². The van der Waals surface area contributed by atoms with Gasteiger partial charge in [-0.3, -0.25) is 0 Å². The first-order chi connectivity index (χ1) is 5.86. The van der Waals surface area contributed by atoms with E-state index in [1.807, 2.05) is 0 Å². The largest absolute Gasteiger partial charge is 0.311 e. The molecule has 2 atom stereocenters. The van der Waals surface area contributed by atoms with Gasteiger partial charge in [-0.15, -0.1) is 0 Å². The third-order valence-electron chi connectivity index (χ3n) is 2.85. The number of rotatable bonds is 4. The molecular formula is C11H23N. The van der Waals surface area contributed by atoms with Crippen LogP contribution in [0.5, 0.6) is 0 Å². The fourth-order valence-corrected chi connectivity index (χ4v) is 2.26. The molecule has 0 bridgehead atoms. The van der Waals surface area contributed by atoms with Gasteiger partial charge in [0.15, 0.2) is 0 Å². The van der Waals surface area contributed by atoms with Crippen molar-refractivity contribution in [3.63, 3.8) is 0 Å². The average molecular weight is 169 g/mol. The standard InChI is InChI=1S/C11H23N/c1-3-6-10-8-5-9-11(12-10)7-4-2/h10-12H,3-9H2,1-2H3. The summed E-state index contributed by atoms with van der Waals surface area (Å²) in [4.78, 5) is 0. The summed E-state index contributed by atoms with van der Waals surface area (Å²) in [5.74, 6) is 0. The van der Waals surface area contributed by atoms with Crippen LogP contribution in [0.4, 0.5) is 0 Å². The van der Waals surface area contributed by atoms with Crippen molar-refractivity contribution in [2.75, 3.05) is 0 Å². The van der Waals surface area contributed by atoms with Gasteiger partial charge in [-0.2, -0.15) is 0 Å². The number of hydrogen-bond donors (Lipinski definition) is 1. The second-order valence-electron chi connectivity index (χ2n) is 4.07. The predicted octanol–water partition coefficient (Wildman–Crippen LogP) is 3.10. The summed E-state index contributed by atoms with van der Waals surface area (Å²) < 4.78 is 0. The smallest absolute Gasteiger partial charge is 0.00695 e. The summed E-state index contributed by atoms with van der Waals surface area (Å²) in [7, 11) is 0. The minimum absolute atomic E-state index is 0.834. The van der Waals surface area contributed by atoms with Crippen LogP contribution < -0.4 is 5.32 Å². The Balaban J connectivity index is 2.20. The molecule has 0 aromatic heterocycles. The normalized spacial score (nSPS) is 30.5. The molecule has 0 amide bonds. The molecule has 1 N–H and O–H groups in total. The molecule has 1 aliphatic heterocycles. The van der Waals surface area contributed by atoms with Gasteiger partial charge in [-0.25, -0.2) is 0 Å². The van der Waals surface area contributed by atoms with E-state index >= 15 is 0 Å². The van der Waals surface area contributed by atoms with Crippen LogP contribution in [0.25, 0.3) is 0 Å².